The molecule has 28 heavy (non-hydrogen) atoms. The second kappa shape index (κ2) is 6.23. The first kappa shape index (κ1) is 17.0. The van der Waals surface area contributed by atoms with E-state index in [1.54, 1.807) is 12.4 Å². The van der Waals surface area contributed by atoms with Crippen LogP contribution in [0.15, 0.2) is 61.2 Å². The van der Waals surface area contributed by atoms with Crippen molar-refractivity contribution < 1.29 is 4.79 Å². The molecular formula is C23H22N4O. The predicted molar refractivity (Wildman–Crippen MR) is 106 cm³/mol. The molecule has 3 aromatic rings. The minimum absolute atomic E-state index is 0.0932. The van der Waals surface area contributed by atoms with Crippen molar-refractivity contribution in [1.29, 1.82) is 0 Å². The van der Waals surface area contributed by atoms with E-state index in [4.69, 9.17) is 0 Å². The number of hydrogen-bond donors (Lipinski definition) is 1. The Labute approximate surface area is 164 Å². The largest absolute Gasteiger partial charge is 0.352 e. The number of carbonyl (C=O) groups is 1. The summed E-state index contributed by atoms with van der Waals surface area (Å²) in [4.78, 5) is 25.5. The van der Waals surface area contributed by atoms with Crippen molar-refractivity contribution in [3.8, 4) is 11.1 Å². The fourth-order valence-corrected chi connectivity index (χ4v) is 4.78. The number of aryl methyl sites for hydroxylation is 1. The maximum absolute atomic E-state index is 12.7. The zero-order valence-corrected chi connectivity index (χ0v) is 15.9. The van der Waals surface area contributed by atoms with E-state index >= 15 is 0 Å². The normalized spacial score (nSPS) is 24.8. The second-order valence-corrected chi connectivity index (χ2v) is 8.25. The molecule has 3 saturated carbocycles. The summed E-state index contributed by atoms with van der Waals surface area (Å²) in [7, 11) is 0. The predicted octanol–water partition coefficient (Wildman–Crippen LogP) is 3.59. The molecule has 1 N–H and O–H groups in total. The molecule has 3 aliphatic rings. The van der Waals surface area contributed by atoms with Crippen LogP contribution in [0.5, 0.6) is 0 Å². The van der Waals surface area contributed by atoms with Crippen molar-refractivity contribution in [2.24, 2.45) is 5.41 Å². The van der Waals surface area contributed by atoms with Crippen LogP contribution in [0.4, 0.5) is 0 Å². The molecule has 2 heterocycles. The lowest BCUT2D eigenvalue weighted by molar-refractivity contribution is -0.177. The van der Waals surface area contributed by atoms with Crippen molar-refractivity contribution in [3.63, 3.8) is 0 Å². The van der Waals surface area contributed by atoms with Crippen molar-refractivity contribution in [2.75, 3.05) is 0 Å². The lowest BCUT2D eigenvalue weighted by Crippen LogP contribution is -2.70. The van der Waals surface area contributed by atoms with Gasteiger partial charge in [0.25, 0.3) is 0 Å². The van der Waals surface area contributed by atoms with Gasteiger partial charge in [0.05, 0.1) is 11.1 Å². The van der Waals surface area contributed by atoms with Crippen molar-refractivity contribution >= 4 is 5.91 Å². The topological polar surface area (TPSA) is 67.8 Å². The van der Waals surface area contributed by atoms with Crippen molar-refractivity contribution in [2.45, 2.75) is 38.1 Å². The highest BCUT2D eigenvalue weighted by atomic mass is 16.2. The first-order chi connectivity index (χ1) is 13.6. The monoisotopic (exact) mass is 370 g/mol. The van der Waals surface area contributed by atoms with E-state index in [2.05, 4.69) is 50.6 Å². The molecule has 2 aromatic heterocycles. The van der Waals surface area contributed by atoms with E-state index in [9.17, 15) is 4.79 Å². The highest BCUT2D eigenvalue weighted by Gasteiger charge is 2.72. The molecular weight excluding hydrogens is 348 g/mol. The first-order valence-corrected chi connectivity index (χ1v) is 9.66. The Morgan fingerprint density at radius 1 is 1.00 bits per heavy atom. The Morgan fingerprint density at radius 3 is 2.46 bits per heavy atom. The number of hydrogen-bond acceptors (Lipinski definition) is 4. The van der Waals surface area contributed by atoms with Gasteiger partial charge < -0.3 is 5.32 Å². The summed E-state index contributed by atoms with van der Waals surface area (Å²) in [5, 5.41) is 3.13. The van der Waals surface area contributed by atoms with E-state index in [-0.39, 0.29) is 16.7 Å². The van der Waals surface area contributed by atoms with Gasteiger partial charge in [-0.3, -0.25) is 19.7 Å². The third-order valence-electron chi connectivity index (χ3n) is 6.26. The lowest BCUT2D eigenvalue weighted by Gasteiger charge is -2.68. The minimum Gasteiger partial charge on any atom is -0.352 e. The fourth-order valence-electron chi connectivity index (χ4n) is 4.78. The Kier molecular flexibility index (Phi) is 3.79. The van der Waals surface area contributed by atoms with Gasteiger partial charge >= 0.3 is 0 Å². The van der Waals surface area contributed by atoms with Gasteiger partial charge in [-0.2, -0.15) is 0 Å². The highest BCUT2D eigenvalue weighted by Crippen LogP contribution is 2.73. The second-order valence-electron chi connectivity index (χ2n) is 8.25. The summed E-state index contributed by atoms with van der Waals surface area (Å²) < 4.78 is 0. The number of amides is 1. The molecule has 3 fully saturated rings. The zero-order valence-electron chi connectivity index (χ0n) is 15.9. The number of aromatic nitrogens is 3. The van der Waals surface area contributed by atoms with Gasteiger partial charge in [0.2, 0.25) is 5.91 Å². The molecule has 0 aliphatic heterocycles. The molecule has 1 amide bonds. The average molecular weight is 370 g/mol. The molecule has 3 aliphatic carbocycles. The van der Waals surface area contributed by atoms with E-state index in [0.29, 0.717) is 6.54 Å². The van der Waals surface area contributed by atoms with Gasteiger partial charge in [-0.05, 0) is 55.0 Å². The molecule has 6 rings (SSSR count). The van der Waals surface area contributed by atoms with E-state index in [1.165, 1.54) is 0 Å². The third-order valence-corrected chi connectivity index (χ3v) is 6.26. The Balaban J connectivity index is 1.18. The maximum Gasteiger partial charge on any atom is 0.226 e. The molecule has 1 aromatic carbocycles. The molecule has 0 radical (unpaired) electrons. The van der Waals surface area contributed by atoms with E-state index in [0.717, 1.165) is 47.3 Å². The van der Waals surface area contributed by atoms with E-state index in [1.807, 2.05) is 25.4 Å². The molecule has 0 atom stereocenters. The van der Waals surface area contributed by atoms with Gasteiger partial charge in [-0.25, -0.2) is 0 Å². The smallest absolute Gasteiger partial charge is 0.226 e. The van der Waals surface area contributed by atoms with Gasteiger partial charge in [0.15, 0.2) is 0 Å². The highest BCUT2D eigenvalue weighted by molar-refractivity contribution is 5.87. The molecule has 5 heteroatoms. The summed E-state index contributed by atoms with van der Waals surface area (Å²) in [5.74, 6) is 0.173. The minimum atomic E-state index is -0.188. The summed E-state index contributed by atoms with van der Waals surface area (Å²) in [6.45, 7) is 2.56. The van der Waals surface area contributed by atoms with E-state index < -0.39 is 0 Å². The van der Waals surface area contributed by atoms with Crippen molar-refractivity contribution in [3.05, 3.63) is 78.1 Å². The molecule has 0 spiro atoms. The zero-order chi connectivity index (χ0) is 19.2. The van der Waals surface area contributed by atoms with Crippen LogP contribution in [0.3, 0.4) is 0 Å². The third kappa shape index (κ3) is 2.70. The molecule has 5 nitrogen and oxygen atoms in total. The summed E-state index contributed by atoms with van der Waals surface area (Å²) >= 11 is 0. The summed E-state index contributed by atoms with van der Waals surface area (Å²) in [6, 6.07) is 12.4. The van der Waals surface area contributed by atoms with Crippen molar-refractivity contribution in [1.82, 2.24) is 20.3 Å². The Morgan fingerprint density at radius 2 is 1.79 bits per heavy atom. The molecule has 0 unspecified atom stereocenters. The number of pyridine rings is 1. The van der Waals surface area contributed by atoms with Crippen LogP contribution < -0.4 is 5.32 Å². The molecule has 2 bridgehead atoms. The van der Waals surface area contributed by atoms with Gasteiger partial charge in [0.1, 0.15) is 0 Å². The number of benzene rings is 1. The Bertz CT molecular complexity index is 1010. The van der Waals surface area contributed by atoms with Crippen LogP contribution >= 0.6 is 0 Å². The van der Waals surface area contributed by atoms with Crippen LogP contribution in [0.25, 0.3) is 11.1 Å². The maximum atomic E-state index is 12.7. The number of nitrogens with zero attached hydrogens (tertiary/aromatic N) is 3. The quantitative estimate of drug-likeness (QED) is 0.745. The number of nitrogens with one attached hydrogen (secondary N) is 1. The SMILES string of the molecule is Cc1cc(-c2ccc(CNC(=O)C34CC(c5cnccn5)(C3)C4)cc2)ccn1. The van der Waals surface area contributed by atoms with Crippen LogP contribution in [0.2, 0.25) is 0 Å². The number of rotatable bonds is 5. The lowest BCUT2D eigenvalue weighted by atomic mass is 9.34. The standard InChI is InChI=1S/C23H22N4O/c1-16-10-19(6-7-25-16)18-4-2-17(3-5-18)11-27-21(28)23-13-22(14-23,15-23)20-12-24-8-9-26-20/h2-10,12H,11,13-15H2,1H3,(H,27,28). The first-order valence-electron chi connectivity index (χ1n) is 9.66. The summed E-state index contributed by atoms with van der Waals surface area (Å²) in [5.41, 5.74) is 5.37. The van der Waals surface area contributed by atoms with Crippen LogP contribution in [0, 0.1) is 12.3 Å². The average Bonchev–Trinajstić information content (AvgIpc) is 2.66. The Hall–Kier alpha value is -3.08. The number of carbonyl (C=O) groups excluding carboxylic acids is 1. The van der Waals surface area contributed by atoms with Gasteiger partial charge in [0, 0.05) is 42.4 Å². The van der Waals surface area contributed by atoms with Crippen LogP contribution in [-0.4, -0.2) is 20.9 Å². The van der Waals surface area contributed by atoms with Crippen LogP contribution in [-0.2, 0) is 16.8 Å². The molecule has 0 saturated heterocycles. The van der Waals surface area contributed by atoms with Gasteiger partial charge in [-0.1, -0.05) is 24.3 Å². The fraction of sp³-hybridized carbons (Fsp3) is 0.304. The molecule has 140 valence electrons. The van der Waals surface area contributed by atoms with Crippen LogP contribution in [0.1, 0.15) is 36.2 Å². The van der Waals surface area contributed by atoms with Gasteiger partial charge in [-0.15, -0.1) is 0 Å². The summed E-state index contributed by atoms with van der Waals surface area (Å²) in [6.07, 6.45) is 9.78.